The largest absolute Gasteiger partial charge is 0.346 e. The summed E-state index contributed by atoms with van der Waals surface area (Å²) in [6.07, 6.45) is 6.73. The first-order valence-corrected chi connectivity index (χ1v) is 7.42. The molecule has 0 aliphatic heterocycles. The Balaban J connectivity index is 0.000000921. The molecule has 0 aliphatic rings. The second-order valence-electron chi connectivity index (χ2n) is 4.34. The van der Waals surface area contributed by atoms with E-state index in [1.165, 1.54) is 5.57 Å². The molecular formula is C17H28N4. The highest BCUT2D eigenvalue weighted by Crippen LogP contribution is 2.22. The number of hydrogen-bond acceptors (Lipinski definition) is 3. The fraction of sp³-hybridized carbons (Fsp3) is 0.412. The third kappa shape index (κ3) is 5.42. The van der Waals surface area contributed by atoms with Gasteiger partial charge in [-0.1, -0.05) is 26.3 Å². The smallest absolute Gasteiger partial charge is 0.145 e. The van der Waals surface area contributed by atoms with Crippen LogP contribution in [0.4, 0.5) is 5.82 Å². The highest BCUT2D eigenvalue weighted by atomic mass is 15.2. The first kappa shape index (κ1) is 18.9. The standard InChI is InChI=1S/C13H18N4.C2H6.C2H4/c1-4-7-17(8-10(2)3)13-11-5-6-14-12(11)15-9-16-13;2*1-2/h5-6,8-9H,4,7H2,1-3H3,(H,14,15,16);1-2H3;1-2H2. The van der Waals surface area contributed by atoms with Gasteiger partial charge >= 0.3 is 0 Å². The van der Waals surface area contributed by atoms with Gasteiger partial charge in [0.25, 0.3) is 0 Å². The quantitative estimate of drug-likeness (QED) is 0.812. The van der Waals surface area contributed by atoms with Gasteiger partial charge in [-0.2, -0.15) is 0 Å². The molecule has 2 aromatic rings. The maximum atomic E-state index is 4.40. The van der Waals surface area contributed by atoms with Crippen LogP contribution < -0.4 is 4.90 Å². The van der Waals surface area contributed by atoms with E-state index >= 15 is 0 Å². The summed E-state index contributed by atoms with van der Waals surface area (Å²) in [6, 6.07) is 2.02. The fourth-order valence-electron chi connectivity index (χ4n) is 1.87. The van der Waals surface area contributed by atoms with Crippen LogP contribution in [0.5, 0.6) is 0 Å². The van der Waals surface area contributed by atoms with Crippen molar-refractivity contribution in [3.05, 3.63) is 43.5 Å². The molecule has 0 saturated heterocycles. The van der Waals surface area contributed by atoms with Gasteiger partial charge in [0.15, 0.2) is 0 Å². The van der Waals surface area contributed by atoms with E-state index in [0.29, 0.717) is 0 Å². The Morgan fingerprint density at radius 1 is 1.29 bits per heavy atom. The molecule has 0 fully saturated rings. The van der Waals surface area contributed by atoms with Crippen molar-refractivity contribution in [2.24, 2.45) is 0 Å². The first-order valence-electron chi connectivity index (χ1n) is 7.42. The number of aromatic nitrogens is 3. The summed E-state index contributed by atoms with van der Waals surface area (Å²) in [6.45, 7) is 17.3. The van der Waals surface area contributed by atoms with Gasteiger partial charge in [0, 0.05) is 18.9 Å². The van der Waals surface area contributed by atoms with E-state index in [0.717, 1.165) is 29.8 Å². The molecule has 0 aromatic carbocycles. The van der Waals surface area contributed by atoms with E-state index in [-0.39, 0.29) is 0 Å². The van der Waals surface area contributed by atoms with Gasteiger partial charge in [-0.05, 0) is 26.3 Å². The molecule has 2 rings (SSSR count). The van der Waals surface area contributed by atoms with Crippen molar-refractivity contribution >= 4 is 16.9 Å². The minimum absolute atomic E-state index is 0.887. The molecule has 116 valence electrons. The number of H-pyrrole nitrogens is 1. The highest BCUT2D eigenvalue weighted by Gasteiger charge is 2.10. The normalized spacial score (nSPS) is 9.00. The van der Waals surface area contributed by atoms with Crippen LogP contribution in [0.15, 0.2) is 43.5 Å². The van der Waals surface area contributed by atoms with Crippen LogP contribution in [-0.4, -0.2) is 21.5 Å². The molecule has 1 N–H and O–H groups in total. The second kappa shape index (κ2) is 10.7. The van der Waals surface area contributed by atoms with Crippen molar-refractivity contribution in [1.82, 2.24) is 15.0 Å². The van der Waals surface area contributed by atoms with Crippen molar-refractivity contribution in [3.63, 3.8) is 0 Å². The van der Waals surface area contributed by atoms with Gasteiger partial charge < -0.3 is 9.88 Å². The molecule has 0 spiro atoms. The lowest BCUT2D eigenvalue weighted by molar-refractivity contribution is 0.862. The fourth-order valence-corrected chi connectivity index (χ4v) is 1.87. The van der Waals surface area contributed by atoms with E-state index < -0.39 is 0 Å². The number of rotatable bonds is 4. The van der Waals surface area contributed by atoms with Gasteiger partial charge in [-0.15, -0.1) is 13.2 Å². The maximum absolute atomic E-state index is 4.40. The van der Waals surface area contributed by atoms with Gasteiger partial charge in [0.05, 0.1) is 5.39 Å². The highest BCUT2D eigenvalue weighted by molar-refractivity contribution is 5.87. The Hall–Kier alpha value is -2.10. The SMILES string of the molecule is C=C.CC.CCCN(C=C(C)C)c1ncnc2[nH]ccc12. The summed E-state index contributed by atoms with van der Waals surface area (Å²) in [7, 11) is 0. The zero-order valence-corrected chi connectivity index (χ0v) is 14.0. The van der Waals surface area contributed by atoms with E-state index in [4.69, 9.17) is 0 Å². The van der Waals surface area contributed by atoms with Crippen LogP contribution in [0.3, 0.4) is 0 Å². The molecule has 0 saturated carbocycles. The van der Waals surface area contributed by atoms with E-state index in [1.807, 2.05) is 26.1 Å². The predicted molar refractivity (Wildman–Crippen MR) is 93.6 cm³/mol. The lowest BCUT2D eigenvalue weighted by atomic mass is 10.3. The van der Waals surface area contributed by atoms with Crippen molar-refractivity contribution in [1.29, 1.82) is 0 Å². The van der Waals surface area contributed by atoms with E-state index in [2.05, 4.69) is 60.0 Å². The zero-order valence-electron chi connectivity index (χ0n) is 14.0. The summed E-state index contributed by atoms with van der Waals surface area (Å²) in [5.74, 6) is 0.972. The lowest BCUT2D eigenvalue weighted by Gasteiger charge is -2.19. The van der Waals surface area contributed by atoms with Crippen LogP contribution in [0.25, 0.3) is 11.0 Å². The zero-order chi connectivity index (χ0) is 16.3. The maximum Gasteiger partial charge on any atom is 0.145 e. The van der Waals surface area contributed by atoms with E-state index in [9.17, 15) is 0 Å². The van der Waals surface area contributed by atoms with Crippen LogP contribution in [0.1, 0.15) is 41.0 Å². The van der Waals surface area contributed by atoms with Crippen LogP contribution in [-0.2, 0) is 0 Å². The number of anilines is 1. The summed E-state index contributed by atoms with van der Waals surface area (Å²) in [5, 5.41) is 1.07. The van der Waals surface area contributed by atoms with Gasteiger partial charge in [-0.25, -0.2) is 9.97 Å². The number of aromatic amines is 1. The minimum atomic E-state index is 0.887. The molecule has 2 aromatic heterocycles. The Morgan fingerprint density at radius 2 is 1.95 bits per heavy atom. The molecule has 4 heteroatoms. The summed E-state index contributed by atoms with van der Waals surface area (Å²) >= 11 is 0. The molecule has 4 nitrogen and oxygen atoms in total. The summed E-state index contributed by atoms with van der Waals surface area (Å²) < 4.78 is 0. The van der Waals surface area contributed by atoms with Crippen molar-refractivity contribution < 1.29 is 0 Å². The van der Waals surface area contributed by atoms with Crippen molar-refractivity contribution in [2.75, 3.05) is 11.4 Å². The summed E-state index contributed by atoms with van der Waals surface area (Å²) in [5.41, 5.74) is 2.15. The number of nitrogens with one attached hydrogen (secondary N) is 1. The monoisotopic (exact) mass is 288 g/mol. The van der Waals surface area contributed by atoms with Crippen LogP contribution in [0, 0.1) is 0 Å². The predicted octanol–water partition coefficient (Wildman–Crippen LogP) is 4.93. The number of hydrogen-bond donors (Lipinski definition) is 1. The van der Waals surface area contributed by atoms with Crippen molar-refractivity contribution in [3.8, 4) is 0 Å². The molecule has 2 heterocycles. The number of nitrogens with zero attached hydrogens (tertiary/aromatic N) is 3. The minimum Gasteiger partial charge on any atom is -0.346 e. The molecule has 0 atom stereocenters. The molecule has 21 heavy (non-hydrogen) atoms. The molecule has 0 bridgehead atoms. The lowest BCUT2D eigenvalue weighted by Crippen LogP contribution is -2.19. The molecule has 0 amide bonds. The Bertz CT molecular complexity index is 538. The van der Waals surface area contributed by atoms with Gasteiger partial charge in [-0.3, -0.25) is 0 Å². The molecule has 0 radical (unpaired) electrons. The Kier molecular flexibility index (Phi) is 9.59. The van der Waals surface area contributed by atoms with Crippen LogP contribution in [0.2, 0.25) is 0 Å². The van der Waals surface area contributed by atoms with Crippen LogP contribution >= 0.6 is 0 Å². The Labute approximate surface area is 128 Å². The molecule has 0 aliphatic carbocycles. The third-order valence-electron chi connectivity index (χ3n) is 2.48. The molecular weight excluding hydrogens is 260 g/mol. The van der Waals surface area contributed by atoms with Gasteiger partial charge in [0.1, 0.15) is 17.8 Å². The number of allylic oxidation sites excluding steroid dienone is 1. The van der Waals surface area contributed by atoms with E-state index in [1.54, 1.807) is 6.33 Å². The average Bonchev–Trinajstić information content (AvgIpc) is 2.99. The average molecular weight is 288 g/mol. The first-order chi connectivity index (χ1) is 10.2. The van der Waals surface area contributed by atoms with Gasteiger partial charge in [0.2, 0.25) is 0 Å². The third-order valence-corrected chi connectivity index (χ3v) is 2.48. The topological polar surface area (TPSA) is 44.8 Å². The second-order valence-corrected chi connectivity index (χ2v) is 4.34. The van der Waals surface area contributed by atoms with Crippen molar-refractivity contribution in [2.45, 2.75) is 41.0 Å². The molecule has 0 unspecified atom stereocenters. The summed E-state index contributed by atoms with van der Waals surface area (Å²) in [4.78, 5) is 13.9. The number of fused-ring (bicyclic) bond motifs is 1. The Morgan fingerprint density at radius 3 is 2.52 bits per heavy atom.